The zero-order valence-electron chi connectivity index (χ0n) is 11.3. The SMILES string of the molecule is O=C(CNC(=O)OCc1ccccc1)Nc1ccccn1. The van der Waals surface area contributed by atoms with Gasteiger partial charge in [-0.25, -0.2) is 9.78 Å². The summed E-state index contributed by atoms with van der Waals surface area (Å²) in [5.41, 5.74) is 0.880. The summed E-state index contributed by atoms with van der Waals surface area (Å²) in [5.74, 6) is 0.0623. The molecule has 6 nitrogen and oxygen atoms in total. The van der Waals surface area contributed by atoms with E-state index >= 15 is 0 Å². The standard InChI is InChI=1S/C15H15N3O3/c19-14(18-13-8-4-5-9-16-13)10-17-15(20)21-11-12-6-2-1-3-7-12/h1-9H,10-11H2,(H,17,20)(H,16,18,19). The minimum Gasteiger partial charge on any atom is -0.445 e. The van der Waals surface area contributed by atoms with E-state index in [0.717, 1.165) is 5.56 Å². The maximum atomic E-state index is 11.6. The van der Waals surface area contributed by atoms with Gasteiger partial charge >= 0.3 is 6.09 Å². The zero-order valence-corrected chi connectivity index (χ0v) is 11.3. The van der Waals surface area contributed by atoms with Crippen molar-refractivity contribution < 1.29 is 14.3 Å². The summed E-state index contributed by atoms with van der Waals surface area (Å²) in [7, 11) is 0. The average Bonchev–Trinajstić information content (AvgIpc) is 2.53. The van der Waals surface area contributed by atoms with Crippen molar-refractivity contribution in [1.82, 2.24) is 10.3 Å². The zero-order chi connectivity index (χ0) is 14.9. The molecule has 2 amide bonds. The highest BCUT2D eigenvalue weighted by Gasteiger charge is 2.07. The van der Waals surface area contributed by atoms with Crippen LogP contribution in [0.3, 0.4) is 0 Å². The molecule has 0 fully saturated rings. The van der Waals surface area contributed by atoms with Gasteiger partial charge in [-0.15, -0.1) is 0 Å². The highest BCUT2D eigenvalue weighted by Crippen LogP contribution is 2.01. The van der Waals surface area contributed by atoms with Gasteiger partial charge in [0.1, 0.15) is 19.0 Å². The Balaban J connectivity index is 1.68. The van der Waals surface area contributed by atoms with Crippen molar-refractivity contribution in [3.63, 3.8) is 0 Å². The monoisotopic (exact) mass is 285 g/mol. The van der Waals surface area contributed by atoms with Crippen LogP contribution >= 0.6 is 0 Å². The van der Waals surface area contributed by atoms with E-state index in [4.69, 9.17) is 4.74 Å². The lowest BCUT2D eigenvalue weighted by Crippen LogP contribution is -2.33. The fraction of sp³-hybridized carbons (Fsp3) is 0.133. The van der Waals surface area contributed by atoms with Gasteiger partial charge in [-0.3, -0.25) is 4.79 Å². The maximum absolute atomic E-state index is 11.6. The molecule has 2 aromatic rings. The van der Waals surface area contributed by atoms with Crippen molar-refractivity contribution in [3.8, 4) is 0 Å². The van der Waals surface area contributed by atoms with Crippen molar-refractivity contribution in [3.05, 3.63) is 60.3 Å². The van der Waals surface area contributed by atoms with Gasteiger partial charge < -0.3 is 15.4 Å². The summed E-state index contributed by atoms with van der Waals surface area (Å²) in [6.45, 7) is -0.0151. The number of benzene rings is 1. The molecule has 0 saturated carbocycles. The van der Waals surface area contributed by atoms with Crippen LogP contribution in [0.25, 0.3) is 0 Å². The molecule has 0 radical (unpaired) electrons. The van der Waals surface area contributed by atoms with Gasteiger partial charge in [-0.2, -0.15) is 0 Å². The Labute approximate surface area is 122 Å². The van der Waals surface area contributed by atoms with Gasteiger partial charge in [0, 0.05) is 6.20 Å². The number of nitrogens with one attached hydrogen (secondary N) is 2. The van der Waals surface area contributed by atoms with Crippen LogP contribution in [0.1, 0.15) is 5.56 Å². The Morgan fingerprint density at radius 3 is 2.52 bits per heavy atom. The molecular formula is C15H15N3O3. The van der Waals surface area contributed by atoms with Crippen LogP contribution in [0.4, 0.5) is 10.6 Å². The lowest BCUT2D eigenvalue weighted by Gasteiger charge is -2.07. The molecule has 0 saturated heterocycles. The first-order chi connectivity index (χ1) is 10.2. The molecule has 2 N–H and O–H groups in total. The number of carbonyl (C=O) groups excluding carboxylic acids is 2. The number of rotatable bonds is 5. The lowest BCUT2D eigenvalue weighted by atomic mass is 10.2. The van der Waals surface area contributed by atoms with Crippen LogP contribution in [-0.2, 0) is 16.1 Å². The number of alkyl carbamates (subject to hydrolysis) is 1. The van der Waals surface area contributed by atoms with E-state index in [1.54, 1.807) is 24.4 Å². The molecule has 0 unspecified atom stereocenters. The van der Waals surface area contributed by atoms with Gasteiger partial charge in [0.05, 0.1) is 0 Å². The van der Waals surface area contributed by atoms with Crippen molar-refractivity contribution in [2.24, 2.45) is 0 Å². The summed E-state index contributed by atoms with van der Waals surface area (Å²) in [5, 5.41) is 4.92. The number of ether oxygens (including phenoxy) is 1. The number of aromatic nitrogens is 1. The molecule has 0 atom stereocenters. The maximum Gasteiger partial charge on any atom is 0.407 e. The highest BCUT2D eigenvalue weighted by atomic mass is 16.5. The van der Waals surface area contributed by atoms with Crippen molar-refractivity contribution in [2.75, 3.05) is 11.9 Å². The second-order valence-electron chi connectivity index (χ2n) is 4.18. The van der Waals surface area contributed by atoms with Crippen molar-refractivity contribution >= 4 is 17.8 Å². The van der Waals surface area contributed by atoms with Crippen LogP contribution in [0.5, 0.6) is 0 Å². The molecule has 1 heterocycles. The van der Waals surface area contributed by atoms with Crippen LogP contribution in [0.2, 0.25) is 0 Å². The number of nitrogens with zero attached hydrogens (tertiary/aromatic N) is 1. The fourth-order valence-electron chi connectivity index (χ4n) is 1.55. The van der Waals surface area contributed by atoms with Gasteiger partial charge in [0.15, 0.2) is 0 Å². The van der Waals surface area contributed by atoms with Gasteiger partial charge in [-0.05, 0) is 17.7 Å². The van der Waals surface area contributed by atoms with Crippen LogP contribution < -0.4 is 10.6 Å². The fourth-order valence-corrected chi connectivity index (χ4v) is 1.55. The first kappa shape index (κ1) is 14.5. The molecule has 1 aromatic heterocycles. The molecular weight excluding hydrogens is 270 g/mol. The van der Waals surface area contributed by atoms with Gasteiger partial charge in [0.2, 0.25) is 5.91 Å². The van der Waals surface area contributed by atoms with Crippen LogP contribution in [0, 0.1) is 0 Å². The highest BCUT2D eigenvalue weighted by molar-refractivity contribution is 5.92. The van der Waals surface area contributed by atoms with Gasteiger partial charge in [-0.1, -0.05) is 36.4 Å². The van der Waals surface area contributed by atoms with E-state index < -0.39 is 6.09 Å². The predicted molar refractivity (Wildman–Crippen MR) is 77.5 cm³/mol. The first-order valence-corrected chi connectivity index (χ1v) is 6.39. The number of hydrogen-bond donors (Lipinski definition) is 2. The van der Waals surface area contributed by atoms with Crippen LogP contribution in [-0.4, -0.2) is 23.5 Å². The first-order valence-electron chi connectivity index (χ1n) is 6.39. The van der Waals surface area contributed by atoms with E-state index in [-0.39, 0.29) is 19.1 Å². The molecule has 0 aliphatic heterocycles. The lowest BCUT2D eigenvalue weighted by molar-refractivity contribution is -0.115. The number of pyridine rings is 1. The summed E-state index contributed by atoms with van der Waals surface area (Å²) < 4.78 is 4.98. The van der Waals surface area contributed by atoms with E-state index in [2.05, 4.69) is 15.6 Å². The van der Waals surface area contributed by atoms with Crippen molar-refractivity contribution in [1.29, 1.82) is 0 Å². The number of hydrogen-bond acceptors (Lipinski definition) is 4. The van der Waals surface area contributed by atoms with Crippen molar-refractivity contribution in [2.45, 2.75) is 6.61 Å². The number of anilines is 1. The molecule has 6 heteroatoms. The molecule has 0 bridgehead atoms. The third-order valence-corrected chi connectivity index (χ3v) is 2.54. The Morgan fingerprint density at radius 1 is 1.05 bits per heavy atom. The Hall–Kier alpha value is -2.89. The minimum absolute atomic E-state index is 0.161. The quantitative estimate of drug-likeness (QED) is 0.880. The van der Waals surface area contributed by atoms with E-state index in [9.17, 15) is 9.59 Å². The number of carbonyl (C=O) groups is 2. The van der Waals surface area contributed by atoms with E-state index in [0.29, 0.717) is 5.82 Å². The molecule has 0 aliphatic rings. The topological polar surface area (TPSA) is 80.3 Å². The average molecular weight is 285 g/mol. The smallest absolute Gasteiger partial charge is 0.407 e. The van der Waals surface area contributed by atoms with E-state index in [1.807, 2.05) is 30.3 Å². The summed E-state index contributed by atoms with van der Waals surface area (Å²) in [4.78, 5) is 27.0. The summed E-state index contributed by atoms with van der Waals surface area (Å²) in [6.07, 6.45) is 0.923. The minimum atomic E-state index is -0.643. The predicted octanol–water partition coefficient (Wildman–Crippen LogP) is 1.95. The molecule has 1 aromatic carbocycles. The van der Waals surface area contributed by atoms with Crippen LogP contribution in [0.15, 0.2) is 54.7 Å². The second-order valence-corrected chi connectivity index (χ2v) is 4.18. The summed E-state index contributed by atoms with van der Waals surface area (Å²) >= 11 is 0. The largest absolute Gasteiger partial charge is 0.445 e. The Morgan fingerprint density at radius 2 is 1.81 bits per heavy atom. The van der Waals surface area contributed by atoms with E-state index in [1.165, 1.54) is 0 Å². The molecule has 0 spiro atoms. The third kappa shape index (κ3) is 5.32. The second kappa shape index (κ2) is 7.64. The Bertz CT molecular complexity index is 588. The normalized spacial score (nSPS) is 9.71. The van der Waals surface area contributed by atoms with Gasteiger partial charge in [0.25, 0.3) is 0 Å². The Kier molecular flexibility index (Phi) is 5.28. The third-order valence-electron chi connectivity index (χ3n) is 2.54. The molecule has 108 valence electrons. The molecule has 21 heavy (non-hydrogen) atoms. The number of amides is 2. The molecule has 2 rings (SSSR count). The molecule has 0 aliphatic carbocycles. The summed E-state index contributed by atoms with van der Waals surface area (Å²) in [6, 6.07) is 14.5.